The van der Waals surface area contributed by atoms with E-state index in [2.05, 4.69) is 4.99 Å². The van der Waals surface area contributed by atoms with E-state index in [0.29, 0.717) is 24.4 Å². The molecular weight excluding hydrogens is 446 g/mol. The molecule has 0 aromatic heterocycles. The third-order valence-corrected chi connectivity index (χ3v) is 7.39. The molecule has 2 aromatic rings. The third-order valence-electron chi connectivity index (χ3n) is 5.09. The highest BCUT2D eigenvalue weighted by Gasteiger charge is 2.33. The Morgan fingerprint density at radius 2 is 1.84 bits per heavy atom. The number of urea groups is 1. The van der Waals surface area contributed by atoms with Crippen molar-refractivity contribution in [1.29, 1.82) is 0 Å². The Kier molecular flexibility index (Phi) is 7.49. The molecule has 32 heavy (non-hydrogen) atoms. The molecule has 2 aliphatic heterocycles. The summed E-state index contributed by atoms with van der Waals surface area (Å²) in [5, 5.41) is 0. The van der Waals surface area contributed by atoms with E-state index >= 15 is 0 Å². The first-order valence-corrected chi connectivity index (χ1v) is 12.3. The fraction of sp³-hybridized carbons (Fsp3) is 0.304. The summed E-state index contributed by atoms with van der Waals surface area (Å²) in [6.45, 7) is 1.55. The van der Waals surface area contributed by atoms with Crippen molar-refractivity contribution in [3.05, 3.63) is 71.3 Å². The molecule has 2 heterocycles. The summed E-state index contributed by atoms with van der Waals surface area (Å²) < 4.78 is 6.30. The minimum Gasteiger partial charge on any atom is -0.452 e. The molecule has 0 atom stereocenters. The van der Waals surface area contributed by atoms with Crippen molar-refractivity contribution in [2.75, 3.05) is 32.0 Å². The monoisotopic (exact) mass is 469 g/mol. The van der Waals surface area contributed by atoms with Crippen LogP contribution in [0.25, 0.3) is 0 Å². The number of ether oxygens (including phenoxy) is 1. The second-order valence-corrected chi connectivity index (χ2v) is 9.56. The highest BCUT2D eigenvalue weighted by Crippen LogP contribution is 2.26. The highest BCUT2D eigenvalue weighted by atomic mass is 32.2. The van der Waals surface area contributed by atoms with E-state index in [1.54, 1.807) is 40.6 Å². The molecule has 2 aliphatic rings. The molecule has 0 spiro atoms. The van der Waals surface area contributed by atoms with E-state index in [9.17, 15) is 14.4 Å². The standard InChI is InChI=1S/C23H23N3O4S2/c27-20(26-12-11-25(23(26)29)14-17-6-2-1-3-7-17)15-30-21(28)19-9-5-4-8-18(19)16-32-22-24-10-13-31-22/h1-9H,10-16H2. The van der Waals surface area contributed by atoms with Gasteiger partial charge in [-0.15, -0.1) is 0 Å². The summed E-state index contributed by atoms with van der Waals surface area (Å²) in [5.74, 6) is 0.516. The van der Waals surface area contributed by atoms with Crippen molar-refractivity contribution in [3.63, 3.8) is 0 Å². The average Bonchev–Trinajstić information content (AvgIpc) is 3.47. The Hall–Kier alpha value is -2.78. The lowest BCUT2D eigenvalue weighted by Crippen LogP contribution is -2.38. The zero-order valence-corrected chi connectivity index (χ0v) is 19.1. The van der Waals surface area contributed by atoms with Crippen LogP contribution in [0.3, 0.4) is 0 Å². The quantitative estimate of drug-likeness (QED) is 0.576. The van der Waals surface area contributed by atoms with Gasteiger partial charge in [-0.05, 0) is 17.2 Å². The summed E-state index contributed by atoms with van der Waals surface area (Å²) in [4.78, 5) is 45.0. The van der Waals surface area contributed by atoms with Gasteiger partial charge in [-0.3, -0.25) is 14.7 Å². The number of carbonyl (C=O) groups excluding carboxylic acids is 3. The second kappa shape index (κ2) is 10.7. The van der Waals surface area contributed by atoms with Crippen LogP contribution < -0.4 is 0 Å². The molecule has 166 valence electrons. The van der Waals surface area contributed by atoms with Crippen LogP contribution in [0.1, 0.15) is 21.5 Å². The maximum Gasteiger partial charge on any atom is 0.338 e. The van der Waals surface area contributed by atoms with Gasteiger partial charge in [-0.1, -0.05) is 72.1 Å². The van der Waals surface area contributed by atoms with Crippen molar-refractivity contribution >= 4 is 45.8 Å². The summed E-state index contributed by atoms with van der Waals surface area (Å²) >= 11 is 3.31. The first kappa shape index (κ1) is 22.4. The van der Waals surface area contributed by atoms with Gasteiger partial charge in [-0.2, -0.15) is 0 Å². The lowest BCUT2D eigenvalue weighted by atomic mass is 10.1. The molecule has 0 saturated carbocycles. The van der Waals surface area contributed by atoms with Crippen molar-refractivity contribution < 1.29 is 19.1 Å². The topological polar surface area (TPSA) is 79.3 Å². The SMILES string of the molecule is O=C(OCC(=O)N1CCN(Cc2ccccc2)C1=O)c1ccccc1CSC1=NCCS1. The Balaban J connectivity index is 1.30. The molecule has 7 nitrogen and oxygen atoms in total. The van der Waals surface area contributed by atoms with E-state index in [1.807, 2.05) is 42.5 Å². The molecule has 0 aliphatic carbocycles. The Bertz CT molecular complexity index is 1030. The first-order chi connectivity index (χ1) is 15.6. The Labute approximate surface area is 195 Å². The van der Waals surface area contributed by atoms with Gasteiger partial charge in [0.1, 0.15) is 4.38 Å². The smallest absolute Gasteiger partial charge is 0.338 e. The number of benzene rings is 2. The lowest BCUT2D eigenvalue weighted by molar-refractivity contribution is -0.130. The van der Waals surface area contributed by atoms with Gasteiger partial charge < -0.3 is 9.64 Å². The van der Waals surface area contributed by atoms with Crippen LogP contribution in [-0.2, 0) is 21.8 Å². The van der Waals surface area contributed by atoms with Gasteiger partial charge in [0.05, 0.1) is 12.1 Å². The second-order valence-electron chi connectivity index (χ2n) is 7.25. The minimum absolute atomic E-state index is 0.287. The van der Waals surface area contributed by atoms with Crippen molar-refractivity contribution in [2.45, 2.75) is 12.3 Å². The van der Waals surface area contributed by atoms with E-state index in [-0.39, 0.29) is 12.6 Å². The van der Waals surface area contributed by atoms with Crippen LogP contribution in [0.4, 0.5) is 4.79 Å². The van der Waals surface area contributed by atoms with Gasteiger partial charge in [-0.25, -0.2) is 9.59 Å². The van der Waals surface area contributed by atoms with Crippen molar-refractivity contribution in [2.24, 2.45) is 4.99 Å². The number of aliphatic imine (C=N–C) groups is 1. The number of esters is 1. The molecule has 9 heteroatoms. The minimum atomic E-state index is -0.566. The normalized spacial score (nSPS) is 15.8. The molecule has 0 bridgehead atoms. The number of rotatable bonds is 7. The van der Waals surface area contributed by atoms with Crippen molar-refractivity contribution in [3.8, 4) is 0 Å². The van der Waals surface area contributed by atoms with Crippen LogP contribution >= 0.6 is 23.5 Å². The summed E-state index contributed by atoms with van der Waals surface area (Å²) in [6.07, 6.45) is 0. The molecule has 0 radical (unpaired) electrons. The van der Waals surface area contributed by atoms with Crippen LogP contribution in [0, 0.1) is 0 Å². The van der Waals surface area contributed by atoms with E-state index < -0.39 is 18.5 Å². The first-order valence-electron chi connectivity index (χ1n) is 10.3. The molecule has 4 rings (SSSR count). The van der Waals surface area contributed by atoms with Crippen LogP contribution in [0.15, 0.2) is 59.6 Å². The predicted molar refractivity (Wildman–Crippen MR) is 127 cm³/mol. The molecule has 0 unspecified atom stereocenters. The summed E-state index contributed by atoms with van der Waals surface area (Å²) in [7, 11) is 0. The van der Waals surface area contributed by atoms with Crippen LogP contribution in [-0.4, -0.2) is 64.1 Å². The van der Waals surface area contributed by atoms with E-state index in [0.717, 1.165) is 32.7 Å². The Morgan fingerprint density at radius 1 is 1.06 bits per heavy atom. The molecule has 0 N–H and O–H groups in total. The summed E-state index contributed by atoms with van der Waals surface area (Å²) in [5.41, 5.74) is 2.25. The number of imide groups is 1. The van der Waals surface area contributed by atoms with Gasteiger partial charge in [0.25, 0.3) is 5.91 Å². The highest BCUT2D eigenvalue weighted by molar-refractivity contribution is 8.38. The maximum absolute atomic E-state index is 12.6. The number of hydrogen-bond acceptors (Lipinski definition) is 7. The zero-order chi connectivity index (χ0) is 22.3. The largest absolute Gasteiger partial charge is 0.452 e. The maximum atomic E-state index is 12.6. The third kappa shape index (κ3) is 5.52. The number of hydrogen-bond donors (Lipinski definition) is 0. The molecule has 2 aromatic carbocycles. The van der Waals surface area contributed by atoms with Crippen molar-refractivity contribution in [1.82, 2.24) is 9.80 Å². The van der Waals surface area contributed by atoms with Gasteiger partial charge >= 0.3 is 12.0 Å². The number of thioether (sulfide) groups is 2. The number of nitrogens with zero attached hydrogens (tertiary/aromatic N) is 3. The number of carbonyl (C=O) groups is 3. The number of amides is 3. The summed E-state index contributed by atoms with van der Waals surface area (Å²) in [6, 6.07) is 16.4. The van der Waals surface area contributed by atoms with Gasteiger partial charge in [0.2, 0.25) is 0 Å². The molecular formula is C23H23N3O4S2. The van der Waals surface area contributed by atoms with Crippen LogP contribution in [0.2, 0.25) is 0 Å². The van der Waals surface area contributed by atoms with E-state index in [1.165, 1.54) is 0 Å². The zero-order valence-electron chi connectivity index (χ0n) is 17.4. The van der Waals surface area contributed by atoms with Crippen LogP contribution in [0.5, 0.6) is 0 Å². The average molecular weight is 470 g/mol. The molecule has 1 saturated heterocycles. The van der Waals surface area contributed by atoms with Gasteiger partial charge in [0, 0.05) is 31.1 Å². The Morgan fingerprint density at radius 3 is 2.62 bits per heavy atom. The molecule has 3 amide bonds. The predicted octanol–water partition coefficient (Wildman–Crippen LogP) is 3.64. The van der Waals surface area contributed by atoms with E-state index in [4.69, 9.17) is 4.74 Å². The lowest BCUT2D eigenvalue weighted by Gasteiger charge is -2.17. The molecule has 1 fully saturated rings. The fourth-order valence-corrected chi connectivity index (χ4v) is 5.45. The fourth-order valence-electron chi connectivity index (χ4n) is 3.44. The van der Waals surface area contributed by atoms with Gasteiger partial charge in [0.15, 0.2) is 6.61 Å².